The Balaban J connectivity index is 1.39. The molecule has 0 radical (unpaired) electrons. The molecule has 1 fully saturated rings. The minimum atomic E-state index is -0.0716. The number of fused-ring (bicyclic) bond motifs is 1. The highest BCUT2D eigenvalue weighted by molar-refractivity contribution is 5.50. The monoisotopic (exact) mass is 339 g/mol. The third-order valence-corrected chi connectivity index (χ3v) is 4.67. The number of ether oxygens (including phenoxy) is 2. The van der Waals surface area contributed by atoms with Gasteiger partial charge in [0.2, 0.25) is 0 Å². The Morgan fingerprint density at radius 3 is 2.80 bits per heavy atom. The zero-order valence-corrected chi connectivity index (χ0v) is 13.8. The number of nitrogens with zero attached hydrogens (tertiary/aromatic N) is 5. The van der Waals surface area contributed by atoms with Crippen LogP contribution < -0.4 is 4.74 Å². The summed E-state index contributed by atoms with van der Waals surface area (Å²) in [5.41, 5.74) is 2.57. The molecule has 1 saturated carbocycles. The van der Waals surface area contributed by atoms with E-state index in [0.717, 1.165) is 35.7 Å². The molecular formula is C17H17N5O3. The summed E-state index contributed by atoms with van der Waals surface area (Å²) in [4.78, 5) is 4.46. The topological polar surface area (TPSA) is 88.1 Å². The van der Waals surface area contributed by atoms with Crippen molar-refractivity contribution in [2.24, 2.45) is 0 Å². The highest BCUT2D eigenvalue weighted by Gasteiger charge is 2.31. The van der Waals surface area contributed by atoms with E-state index < -0.39 is 0 Å². The minimum Gasteiger partial charge on any atom is -0.497 e. The van der Waals surface area contributed by atoms with Crippen molar-refractivity contribution in [2.75, 3.05) is 7.11 Å². The molecule has 5 rings (SSSR count). The quantitative estimate of drug-likeness (QED) is 0.721. The van der Waals surface area contributed by atoms with E-state index in [1.807, 2.05) is 28.9 Å². The number of rotatable bonds is 4. The Labute approximate surface area is 143 Å². The number of hydrogen-bond acceptors (Lipinski definition) is 7. The van der Waals surface area contributed by atoms with Crippen LogP contribution in [0.3, 0.4) is 0 Å². The lowest BCUT2D eigenvalue weighted by Crippen LogP contribution is -2.22. The van der Waals surface area contributed by atoms with E-state index in [9.17, 15) is 0 Å². The molecule has 8 nitrogen and oxygen atoms in total. The van der Waals surface area contributed by atoms with Gasteiger partial charge in [-0.25, -0.2) is 4.68 Å². The maximum atomic E-state index is 6.02. The van der Waals surface area contributed by atoms with Crippen molar-refractivity contribution in [3.05, 3.63) is 41.3 Å². The standard InChI is InChI=1S/C17H17N5O3/c1-23-12-6-4-10(5-7-12)14-8-22-13(9-24-14)15(19-21-22)17-18-16(20-25-17)11-2-3-11/h4-7,11,14H,2-3,8-9H2,1H3. The van der Waals surface area contributed by atoms with Crippen molar-refractivity contribution < 1.29 is 14.0 Å². The molecule has 0 spiro atoms. The van der Waals surface area contributed by atoms with E-state index in [4.69, 9.17) is 14.0 Å². The summed E-state index contributed by atoms with van der Waals surface area (Å²) >= 11 is 0. The summed E-state index contributed by atoms with van der Waals surface area (Å²) < 4.78 is 18.4. The van der Waals surface area contributed by atoms with Crippen LogP contribution in [0.25, 0.3) is 11.6 Å². The van der Waals surface area contributed by atoms with Gasteiger partial charge in [0, 0.05) is 5.92 Å². The largest absolute Gasteiger partial charge is 0.497 e. The summed E-state index contributed by atoms with van der Waals surface area (Å²) in [6, 6.07) is 7.87. The third-order valence-electron chi connectivity index (χ3n) is 4.67. The highest BCUT2D eigenvalue weighted by Crippen LogP contribution is 2.39. The van der Waals surface area contributed by atoms with E-state index in [-0.39, 0.29) is 6.10 Å². The van der Waals surface area contributed by atoms with Gasteiger partial charge in [0.1, 0.15) is 11.9 Å². The van der Waals surface area contributed by atoms with Crippen molar-refractivity contribution in [1.29, 1.82) is 0 Å². The summed E-state index contributed by atoms with van der Waals surface area (Å²) in [5, 5.41) is 12.5. The minimum absolute atomic E-state index is 0.0716. The summed E-state index contributed by atoms with van der Waals surface area (Å²) in [6.07, 6.45) is 2.19. The lowest BCUT2D eigenvalue weighted by Gasteiger charge is -2.24. The molecule has 1 atom stereocenters. The number of methoxy groups -OCH3 is 1. The van der Waals surface area contributed by atoms with E-state index in [1.54, 1.807) is 7.11 Å². The van der Waals surface area contributed by atoms with Crippen LogP contribution >= 0.6 is 0 Å². The van der Waals surface area contributed by atoms with Crippen LogP contribution in [0.1, 0.15) is 41.9 Å². The second-order valence-corrected chi connectivity index (χ2v) is 6.37. The fourth-order valence-corrected chi connectivity index (χ4v) is 3.04. The van der Waals surface area contributed by atoms with Crippen LogP contribution in [0.15, 0.2) is 28.8 Å². The normalized spacial score (nSPS) is 19.6. The van der Waals surface area contributed by atoms with Crippen LogP contribution in [0.2, 0.25) is 0 Å². The van der Waals surface area contributed by atoms with Crippen molar-refractivity contribution >= 4 is 0 Å². The molecule has 8 heteroatoms. The molecule has 1 aromatic carbocycles. The maximum absolute atomic E-state index is 6.02. The Kier molecular flexibility index (Phi) is 3.30. The molecule has 2 aromatic heterocycles. The Bertz CT molecular complexity index is 897. The van der Waals surface area contributed by atoms with Crippen molar-refractivity contribution in [3.63, 3.8) is 0 Å². The first kappa shape index (κ1) is 14.6. The van der Waals surface area contributed by atoms with Gasteiger partial charge in [0.15, 0.2) is 11.5 Å². The molecule has 0 N–H and O–H groups in total. The third kappa shape index (κ3) is 2.58. The van der Waals surface area contributed by atoms with E-state index in [1.165, 1.54) is 0 Å². The van der Waals surface area contributed by atoms with Crippen LogP contribution in [-0.2, 0) is 17.9 Å². The summed E-state index contributed by atoms with van der Waals surface area (Å²) in [6.45, 7) is 0.998. The molecule has 3 aromatic rings. The van der Waals surface area contributed by atoms with Gasteiger partial charge in [-0.15, -0.1) is 5.10 Å². The van der Waals surface area contributed by atoms with Crippen LogP contribution in [0.5, 0.6) is 5.75 Å². The molecule has 25 heavy (non-hydrogen) atoms. The fraction of sp³-hybridized carbons (Fsp3) is 0.412. The van der Waals surface area contributed by atoms with Gasteiger partial charge in [-0.1, -0.05) is 22.5 Å². The first-order chi connectivity index (χ1) is 12.3. The fourth-order valence-electron chi connectivity index (χ4n) is 3.04. The smallest absolute Gasteiger partial charge is 0.280 e. The molecule has 2 aliphatic rings. The predicted octanol–water partition coefficient (Wildman–Crippen LogP) is 2.49. The predicted molar refractivity (Wildman–Crippen MR) is 85.8 cm³/mol. The summed E-state index contributed by atoms with van der Waals surface area (Å²) in [5.74, 6) is 2.46. The number of aromatic nitrogens is 5. The summed E-state index contributed by atoms with van der Waals surface area (Å²) in [7, 11) is 1.65. The van der Waals surface area contributed by atoms with Crippen LogP contribution in [0.4, 0.5) is 0 Å². The molecule has 0 amide bonds. The Morgan fingerprint density at radius 2 is 2.04 bits per heavy atom. The van der Waals surface area contributed by atoms with Crippen LogP contribution in [-0.4, -0.2) is 32.2 Å². The average molecular weight is 339 g/mol. The Hall–Kier alpha value is -2.74. The van der Waals surface area contributed by atoms with Crippen LogP contribution in [0, 0.1) is 0 Å². The highest BCUT2D eigenvalue weighted by atomic mass is 16.5. The molecule has 128 valence electrons. The van der Waals surface area contributed by atoms with Gasteiger partial charge in [-0.2, -0.15) is 4.98 Å². The van der Waals surface area contributed by atoms with Gasteiger partial charge in [0.05, 0.1) is 26.0 Å². The molecule has 3 heterocycles. The zero-order chi connectivity index (χ0) is 16.8. The SMILES string of the molecule is COc1ccc(C2Cn3nnc(-c4nc(C5CC5)no4)c3CO2)cc1. The average Bonchev–Trinajstić information content (AvgIpc) is 3.25. The molecule has 1 aliphatic heterocycles. The lowest BCUT2D eigenvalue weighted by molar-refractivity contribution is -0.00119. The van der Waals surface area contributed by atoms with Gasteiger partial charge < -0.3 is 14.0 Å². The van der Waals surface area contributed by atoms with Gasteiger partial charge in [0.25, 0.3) is 5.89 Å². The number of hydrogen-bond donors (Lipinski definition) is 0. The van der Waals surface area contributed by atoms with E-state index in [2.05, 4.69) is 20.5 Å². The molecule has 1 aliphatic carbocycles. The van der Waals surface area contributed by atoms with Gasteiger partial charge in [-0.3, -0.25) is 0 Å². The van der Waals surface area contributed by atoms with E-state index in [0.29, 0.717) is 30.7 Å². The zero-order valence-electron chi connectivity index (χ0n) is 13.8. The number of benzene rings is 1. The molecule has 0 saturated heterocycles. The second kappa shape index (κ2) is 5.66. The van der Waals surface area contributed by atoms with Crippen molar-refractivity contribution in [2.45, 2.75) is 38.0 Å². The molecular weight excluding hydrogens is 322 g/mol. The second-order valence-electron chi connectivity index (χ2n) is 6.37. The van der Waals surface area contributed by atoms with E-state index >= 15 is 0 Å². The van der Waals surface area contributed by atoms with Crippen molar-refractivity contribution in [1.82, 2.24) is 25.1 Å². The van der Waals surface area contributed by atoms with Gasteiger partial charge >= 0.3 is 0 Å². The maximum Gasteiger partial charge on any atom is 0.280 e. The molecule has 0 bridgehead atoms. The van der Waals surface area contributed by atoms with Gasteiger partial charge in [-0.05, 0) is 30.5 Å². The first-order valence-corrected chi connectivity index (χ1v) is 8.33. The van der Waals surface area contributed by atoms with Crippen molar-refractivity contribution in [3.8, 4) is 17.3 Å². The lowest BCUT2D eigenvalue weighted by atomic mass is 10.1. The first-order valence-electron chi connectivity index (χ1n) is 8.33. The molecule has 1 unspecified atom stereocenters. The Morgan fingerprint density at radius 1 is 1.20 bits per heavy atom.